The Morgan fingerprint density at radius 3 is 2.30 bits per heavy atom. The summed E-state index contributed by atoms with van der Waals surface area (Å²) in [6.07, 6.45) is 0.0358. The molecule has 1 aliphatic heterocycles. The predicted octanol–water partition coefficient (Wildman–Crippen LogP) is 2.61. The number of fused-ring (bicyclic) bond motifs is 3. The van der Waals surface area contributed by atoms with E-state index in [1.54, 1.807) is 0 Å². The van der Waals surface area contributed by atoms with Gasteiger partial charge in [-0.3, -0.25) is 14.9 Å². The largest absolute Gasteiger partial charge is 0.450 e. The molecule has 2 aromatic carbocycles. The normalized spacial score (nSPS) is 17.7. The Bertz CT molecular complexity index is 1040. The van der Waals surface area contributed by atoms with Crippen LogP contribution >= 0.6 is 11.8 Å². The van der Waals surface area contributed by atoms with Crippen LogP contribution in [0, 0.1) is 0 Å². The van der Waals surface area contributed by atoms with Crippen LogP contribution in [0.1, 0.15) is 29.9 Å². The number of thioether (sulfide) groups is 1. The fraction of sp³-hybridized carbons (Fsp3) is 0.333. The van der Waals surface area contributed by atoms with Gasteiger partial charge in [0.1, 0.15) is 12.6 Å². The van der Waals surface area contributed by atoms with Crippen molar-refractivity contribution in [3.8, 4) is 11.1 Å². The Kier molecular flexibility index (Phi) is 6.98. The molecule has 2 N–H and O–H groups in total. The molecule has 1 fully saturated rings. The summed E-state index contributed by atoms with van der Waals surface area (Å²) < 4.78 is 10.7. The first-order chi connectivity index (χ1) is 16.0. The van der Waals surface area contributed by atoms with Crippen LogP contribution in [0.5, 0.6) is 0 Å². The highest BCUT2D eigenvalue weighted by Crippen LogP contribution is 2.44. The molecule has 0 saturated carbocycles. The van der Waals surface area contributed by atoms with Crippen LogP contribution in [0.3, 0.4) is 0 Å². The Labute approximate surface area is 195 Å². The lowest BCUT2D eigenvalue weighted by atomic mass is 9.98. The molecule has 1 aliphatic carbocycles. The predicted molar refractivity (Wildman–Crippen MR) is 123 cm³/mol. The van der Waals surface area contributed by atoms with Gasteiger partial charge in [0.2, 0.25) is 5.91 Å². The number of imide groups is 1. The van der Waals surface area contributed by atoms with Crippen LogP contribution in [0.25, 0.3) is 11.1 Å². The number of carbonyl (C=O) groups excluding carboxylic acids is 4. The Morgan fingerprint density at radius 2 is 1.73 bits per heavy atom. The molecular weight excluding hydrogens is 444 g/mol. The molecule has 9 heteroatoms. The average Bonchev–Trinajstić information content (AvgIpc) is 3.30. The topological polar surface area (TPSA) is 111 Å². The zero-order valence-corrected chi connectivity index (χ0v) is 18.9. The van der Waals surface area contributed by atoms with E-state index in [-0.39, 0.29) is 18.9 Å². The van der Waals surface area contributed by atoms with E-state index in [0.717, 1.165) is 22.3 Å². The van der Waals surface area contributed by atoms with Crippen molar-refractivity contribution in [2.45, 2.75) is 30.9 Å². The van der Waals surface area contributed by atoms with Crippen LogP contribution in [-0.4, -0.2) is 54.6 Å². The summed E-state index contributed by atoms with van der Waals surface area (Å²) in [5.74, 6) is -1.44. The summed E-state index contributed by atoms with van der Waals surface area (Å²) in [6.45, 7) is 0.115. The molecule has 0 bridgehead atoms. The van der Waals surface area contributed by atoms with Crippen molar-refractivity contribution in [3.05, 3.63) is 59.7 Å². The number of hydrogen-bond acceptors (Lipinski definition) is 7. The Balaban J connectivity index is 1.39. The van der Waals surface area contributed by atoms with E-state index < -0.39 is 36.0 Å². The second kappa shape index (κ2) is 10.1. The van der Waals surface area contributed by atoms with Gasteiger partial charge in [0.05, 0.1) is 6.42 Å². The maximum absolute atomic E-state index is 12.6. The van der Waals surface area contributed by atoms with Crippen molar-refractivity contribution in [2.75, 3.05) is 18.6 Å². The molecule has 0 unspecified atom stereocenters. The summed E-state index contributed by atoms with van der Waals surface area (Å²) in [7, 11) is 0. The number of carbonyl (C=O) groups is 4. The first kappa shape index (κ1) is 22.8. The van der Waals surface area contributed by atoms with Gasteiger partial charge in [0, 0.05) is 5.92 Å². The van der Waals surface area contributed by atoms with Gasteiger partial charge in [-0.1, -0.05) is 48.5 Å². The molecule has 0 aromatic heterocycles. The van der Waals surface area contributed by atoms with Crippen molar-refractivity contribution in [3.63, 3.8) is 0 Å². The van der Waals surface area contributed by atoms with Gasteiger partial charge in [-0.05, 0) is 40.7 Å². The highest BCUT2D eigenvalue weighted by Gasteiger charge is 2.36. The quantitative estimate of drug-likeness (QED) is 0.453. The summed E-state index contributed by atoms with van der Waals surface area (Å²) >= 11 is 1.50. The summed E-state index contributed by atoms with van der Waals surface area (Å²) in [5.41, 5.74) is 4.41. The molecule has 2 aliphatic rings. The molecule has 1 saturated heterocycles. The fourth-order valence-electron chi connectivity index (χ4n) is 4.11. The SMILES string of the molecule is CSCC[C@H](NC(=O)OCC1c2ccccc2-c2ccccc21)C(=O)O[C@H]1CC(=O)NC1=O. The molecule has 0 radical (unpaired) electrons. The molecule has 2 aromatic rings. The monoisotopic (exact) mass is 468 g/mol. The van der Waals surface area contributed by atoms with Crippen molar-refractivity contribution in [1.82, 2.24) is 10.6 Å². The number of nitrogens with one attached hydrogen (secondary N) is 2. The number of amides is 3. The molecule has 2 atom stereocenters. The van der Waals surface area contributed by atoms with Gasteiger partial charge < -0.3 is 14.8 Å². The summed E-state index contributed by atoms with van der Waals surface area (Å²) in [6, 6.07) is 15.0. The van der Waals surface area contributed by atoms with Crippen molar-refractivity contribution < 1.29 is 28.7 Å². The van der Waals surface area contributed by atoms with E-state index in [0.29, 0.717) is 12.2 Å². The lowest BCUT2D eigenvalue weighted by Crippen LogP contribution is -2.44. The highest BCUT2D eigenvalue weighted by atomic mass is 32.2. The number of hydrogen-bond donors (Lipinski definition) is 2. The molecule has 8 nitrogen and oxygen atoms in total. The second-order valence-corrected chi connectivity index (χ2v) is 8.83. The van der Waals surface area contributed by atoms with Crippen LogP contribution in [0.2, 0.25) is 0 Å². The number of benzene rings is 2. The van der Waals surface area contributed by atoms with E-state index in [1.807, 2.05) is 54.8 Å². The third-order valence-electron chi connectivity index (χ3n) is 5.72. The average molecular weight is 469 g/mol. The smallest absolute Gasteiger partial charge is 0.407 e. The number of ether oxygens (including phenoxy) is 2. The molecular formula is C24H24N2O6S. The first-order valence-electron chi connectivity index (χ1n) is 10.6. The summed E-state index contributed by atoms with van der Waals surface area (Å²) in [5, 5.41) is 4.65. The maximum atomic E-state index is 12.6. The molecule has 3 amide bonds. The van der Waals surface area contributed by atoms with E-state index in [2.05, 4.69) is 10.6 Å². The van der Waals surface area contributed by atoms with Gasteiger partial charge in [0.15, 0.2) is 6.10 Å². The minimum atomic E-state index is -1.17. The molecule has 0 spiro atoms. The van der Waals surface area contributed by atoms with Gasteiger partial charge in [0.25, 0.3) is 5.91 Å². The van der Waals surface area contributed by atoms with Gasteiger partial charge in [-0.25, -0.2) is 9.59 Å². The minimum absolute atomic E-state index is 0.104. The maximum Gasteiger partial charge on any atom is 0.407 e. The van der Waals surface area contributed by atoms with Crippen molar-refractivity contribution in [2.24, 2.45) is 0 Å². The molecule has 4 rings (SSSR count). The molecule has 33 heavy (non-hydrogen) atoms. The third kappa shape index (κ3) is 5.03. The zero-order chi connectivity index (χ0) is 23.4. The van der Waals surface area contributed by atoms with Gasteiger partial charge in [-0.2, -0.15) is 11.8 Å². The van der Waals surface area contributed by atoms with Crippen LogP contribution < -0.4 is 10.6 Å². The second-order valence-electron chi connectivity index (χ2n) is 7.85. The zero-order valence-electron chi connectivity index (χ0n) is 18.0. The minimum Gasteiger partial charge on any atom is -0.450 e. The lowest BCUT2D eigenvalue weighted by Gasteiger charge is -2.20. The first-order valence-corrected chi connectivity index (χ1v) is 12.0. The van der Waals surface area contributed by atoms with E-state index in [4.69, 9.17) is 9.47 Å². The third-order valence-corrected chi connectivity index (χ3v) is 6.36. The molecule has 172 valence electrons. The van der Waals surface area contributed by atoms with E-state index >= 15 is 0 Å². The lowest BCUT2D eigenvalue weighted by molar-refractivity contribution is -0.156. The Morgan fingerprint density at radius 1 is 1.09 bits per heavy atom. The van der Waals surface area contributed by atoms with Gasteiger partial charge in [-0.15, -0.1) is 0 Å². The highest BCUT2D eigenvalue weighted by molar-refractivity contribution is 7.98. The van der Waals surface area contributed by atoms with E-state index in [9.17, 15) is 19.2 Å². The number of rotatable bonds is 8. The number of esters is 1. The van der Waals surface area contributed by atoms with Gasteiger partial charge >= 0.3 is 12.1 Å². The Hall–Kier alpha value is -3.33. The fourth-order valence-corrected chi connectivity index (χ4v) is 4.59. The summed E-state index contributed by atoms with van der Waals surface area (Å²) in [4.78, 5) is 48.2. The van der Waals surface area contributed by atoms with Crippen molar-refractivity contribution in [1.29, 1.82) is 0 Å². The van der Waals surface area contributed by atoms with Crippen LogP contribution in [0.4, 0.5) is 4.79 Å². The van der Waals surface area contributed by atoms with Crippen LogP contribution in [0.15, 0.2) is 48.5 Å². The standard InChI is InChI=1S/C24H24N2O6S/c1-33-11-10-19(23(29)32-20-12-21(27)26-22(20)28)25-24(30)31-13-18-16-8-4-2-6-14(16)15-7-3-5-9-17(15)18/h2-9,18-20H,10-13H2,1H3,(H,25,30)(H,26,27,28)/t19-,20-/m0/s1. The van der Waals surface area contributed by atoms with E-state index in [1.165, 1.54) is 11.8 Å². The van der Waals surface area contributed by atoms with Crippen molar-refractivity contribution >= 4 is 35.6 Å². The number of alkyl carbamates (subject to hydrolysis) is 1. The van der Waals surface area contributed by atoms with Crippen LogP contribution in [-0.2, 0) is 23.9 Å². The molecule has 1 heterocycles.